The van der Waals surface area contributed by atoms with E-state index < -0.39 is 17.4 Å². The SMILES string of the molecule is COc1cccc(N2C[C@@]34C=C[C@@H](O3)[C@@H](C(=O)NCCc3c[nH]c5ccccc35)[C@H]4C2=O)c1. The predicted octanol–water partition coefficient (Wildman–Crippen LogP) is 2.82. The minimum atomic E-state index is -0.746. The van der Waals surface area contributed by atoms with Gasteiger partial charge in [0.05, 0.1) is 31.6 Å². The number of rotatable bonds is 6. The molecule has 33 heavy (non-hydrogen) atoms. The van der Waals surface area contributed by atoms with E-state index in [0.717, 1.165) is 22.2 Å². The van der Waals surface area contributed by atoms with Crippen LogP contribution in [0.15, 0.2) is 66.9 Å². The first-order chi connectivity index (χ1) is 16.1. The van der Waals surface area contributed by atoms with Gasteiger partial charge in [0.25, 0.3) is 0 Å². The van der Waals surface area contributed by atoms with Crippen LogP contribution in [-0.2, 0) is 20.7 Å². The second kappa shape index (κ2) is 7.49. The number of nitrogens with one attached hydrogen (secondary N) is 2. The molecule has 3 aliphatic rings. The van der Waals surface area contributed by atoms with E-state index in [0.29, 0.717) is 25.3 Å². The smallest absolute Gasteiger partial charge is 0.234 e. The number of nitrogens with zero attached hydrogens (tertiary/aromatic N) is 1. The van der Waals surface area contributed by atoms with Gasteiger partial charge in [-0.25, -0.2) is 0 Å². The van der Waals surface area contributed by atoms with Crippen LogP contribution in [0.4, 0.5) is 5.69 Å². The number of methoxy groups -OCH3 is 1. The fourth-order valence-corrected chi connectivity index (χ4v) is 5.57. The summed E-state index contributed by atoms with van der Waals surface area (Å²) in [5.41, 5.74) is 2.25. The second-order valence-electron chi connectivity index (χ2n) is 8.93. The van der Waals surface area contributed by atoms with Gasteiger partial charge in [0, 0.05) is 35.4 Å². The Balaban J connectivity index is 1.18. The van der Waals surface area contributed by atoms with Gasteiger partial charge in [-0.15, -0.1) is 0 Å². The van der Waals surface area contributed by atoms with Gasteiger partial charge >= 0.3 is 0 Å². The molecule has 2 fully saturated rings. The summed E-state index contributed by atoms with van der Waals surface area (Å²) in [6.07, 6.45) is 6.24. The summed E-state index contributed by atoms with van der Waals surface area (Å²) >= 11 is 0. The Kier molecular flexibility index (Phi) is 4.55. The summed E-state index contributed by atoms with van der Waals surface area (Å²) < 4.78 is 11.6. The van der Waals surface area contributed by atoms with E-state index in [1.54, 1.807) is 12.0 Å². The summed E-state index contributed by atoms with van der Waals surface area (Å²) in [6.45, 7) is 0.900. The van der Waals surface area contributed by atoms with E-state index in [1.165, 1.54) is 0 Å². The molecule has 0 saturated carbocycles. The molecule has 7 heteroatoms. The van der Waals surface area contributed by atoms with Crippen LogP contribution >= 0.6 is 0 Å². The normalized spacial score (nSPS) is 27.4. The summed E-state index contributed by atoms with van der Waals surface area (Å²) in [5, 5.41) is 4.22. The monoisotopic (exact) mass is 443 g/mol. The number of benzene rings is 2. The largest absolute Gasteiger partial charge is 0.497 e. The average Bonchev–Trinajstić information content (AvgIpc) is 3.59. The maximum Gasteiger partial charge on any atom is 0.234 e. The topological polar surface area (TPSA) is 83.7 Å². The summed E-state index contributed by atoms with van der Waals surface area (Å²) in [5.74, 6) is -0.571. The van der Waals surface area contributed by atoms with Crippen LogP contribution in [0, 0.1) is 11.8 Å². The van der Waals surface area contributed by atoms with Gasteiger partial charge in [0.15, 0.2) is 0 Å². The molecular weight excluding hydrogens is 418 g/mol. The lowest BCUT2D eigenvalue weighted by atomic mass is 9.77. The molecule has 2 aromatic carbocycles. The van der Waals surface area contributed by atoms with Gasteiger partial charge in [-0.1, -0.05) is 36.4 Å². The highest BCUT2D eigenvalue weighted by molar-refractivity contribution is 6.03. The average molecular weight is 444 g/mol. The number of aromatic amines is 1. The fourth-order valence-electron chi connectivity index (χ4n) is 5.57. The Hall–Kier alpha value is -3.58. The Morgan fingerprint density at radius 2 is 2.15 bits per heavy atom. The van der Waals surface area contributed by atoms with Gasteiger partial charge in [-0.2, -0.15) is 0 Å². The van der Waals surface area contributed by atoms with Crippen molar-refractivity contribution in [1.29, 1.82) is 0 Å². The zero-order valence-corrected chi connectivity index (χ0v) is 18.3. The number of amides is 2. The number of anilines is 1. The molecule has 3 aromatic rings. The van der Waals surface area contributed by atoms with E-state index in [4.69, 9.17) is 9.47 Å². The number of fused-ring (bicyclic) bond motifs is 2. The van der Waals surface area contributed by atoms with Crippen LogP contribution in [-0.4, -0.2) is 48.7 Å². The molecule has 4 heterocycles. The first kappa shape index (κ1) is 20.1. The first-order valence-electron chi connectivity index (χ1n) is 11.2. The number of hydrogen-bond donors (Lipinski definition) is 2. The predicted molar refractivity (Wildman–Crippen MR) is 124 cm³/mol. The van der Waals surface area contributed by atoms with Crippen LogP contribution < -0.4 is 15.0 Å². The molecule has 2 N–H and O–H groups in total. The minimum Gasteiger partial charge on any atom is -0.497 e. The van der Waals surface area contributed by atoms with Gasteiger partial charge < -0.3 is 24.7 Å². The summed E-state index contributed by atoms with van der Waals surface area (Å²) in [4.78, 5) is 31.7. The zero-order valence-electron chi connectivity index (χ0n) is 18.3. The number of ether oxygens (including phenoxy) is 2. The minimum absolute atomic E-state index is 0.0770. The number of hydrogen-bond acceptors (Lipinski definition) is 4. The van der Waals surface area contributed by atoms with E-state index >= 15 is 0 Å². The lowest BCUT2D eigenvalue weighted by Crippen LogP contribution is -2.44. The van der Waals surface area contributed by atoms with Crippen LogP contribution in [0.2, 0.25) is 0 Å². The molecule has 1 spiro atoms. The summed E-state index contributed by atoms with van der Waals surface area (Å²) in [7, 11) is 1.60. The summed E-state index contributed by atoms with van der Waals surface area (Å²) in [6, 6.07) is 15.5. The molecule has 168 valence electrons. The molecule has 2 saturated heterocycles. The first-order valence-corrected chi connectivity index (χ1v) is 11.2. The number of H-pyrrole nitrogens is 1. The molecular formula is C26H25N3O4. The fraction of sp³-hybridized carbons (Fsp3) is 0.308. The Morgan fingerprint density at radius 1 is 1.27 bits per heavy atom. The molecule has 2 amide bonds. The van der Waals surface area contributed by atoms with Crippen molar-refractivity contribution in [3.63, 3.8) is 0 Å². The highest BCUT2D eigenvalue weighted by atomic mass is 16.5. The van der Waals surface area contributed by atoms with Crippen molar-refractivity contribution in [3.8, 4) is 5.75 Å². The van der Waals surface area contributed by atoms with Gasteiger partial charge in [0.2, 0.25) is 11.8 Å². The number of aromatic nitrogens is 1. The maximum atomic E-state index is 13.5. The number of carbonyl (C=O) groups excluding carboxylic acids is 2. The van der Waals surface area contributed by atoms with E-state index in [-0.39, 0.29) is 17.9 Å². The van der Waals surface area contributed by atoms with E-state index in [1.807, 2.05) is 60.8 Å². The molecule has 0 aliphatic carbocycles. The van der Waals surface area contributed by atoms with Crippen LogP contribution in [0.1, 0.15) is 5.56 Å². The number of para-hydroxylation sites is 1. The van der Waals surface area contributed by atoms with Crippen molar-refractivity contribution >= 4 is 28.4 Å². The molecule has 3 aliphatic heterocycles. The van der Waals surface area contributed by atoms with Gasteiger partial charge in [-0.05, 0) is 30.2 Å². The van der Waals surface area contributed by atoms with E-state index in [9.17, 15) is 9.59 Å². The molecule has 6 rings (SSSR count). The second-order valence-corrected chi connectivity index (χ2v) is 8.93. The molecule has 2 bridgehead atoms. The van der Waals surface area contributed by atoms with Crippen LogP contribution in [0.25, 0.3) is 10.9 Å². The Bertz CT molecular complexity index is 1280. The maximum absolute atomic E-state index is 13.5. The highest BCUT2D eigenvalue weighted by Gasteiger charge is 2.67. The van der Waals surface area contributed by atoms with Crippen LogP contribution in [0.5, 0.6) is 5.75 Å². The Morgan fingerprint density at radius 3 is 3.03 bits per heavy atom. The quantitative estimate of drug-likeness (QED) is 0.574. The lowest BCUT2D eigenvalue weighted by molar-refractivity contribution is -0.131. The third-order valence-corrected chi connectivity index (χ3v) is 7.14. The van der Waals surface area contributed by atoms with Gasteiger partial charge in [-0.3, -0.25) is 9.59 Å². The highest BCUT2D eigenvalue weighted by Crippen LogP contribution is 2.52. The molecule has 1 aromatic heterocycles. The van der Waals surface area contributed by atoms with Crippen molar-refractivity contribution < 1.29 is 19.1 Å². The van der Waals surface area contributed by atoms with E-state index in [2.05, 4.69) is 16.4 Å². The van der Waals surface area contributed by atoms with Crippen molar-refractivity contribution in [2.24, 2.45) is 11.8 Å². The molecule has 0 unspecified atom stereocenters. The third-order valence-electron chi connectivity index (χ3n) is 7.14. The number of carbonyl (C=O) groups is 2. The lowest BCUT2D eigenvalue weighted by Gasteiger charge is -2.23. The molecule has 4 atom stereocenters. The van der Waals surface area contributed by atoms with Crippen molar-refractivity contribution in [1.82, 2.24) is 10.3 Å². The Labute approximate surface area is 191 Å². The standard InChI is InChI=1S/C26H25N3O4/c1-32-18-6-4-5-17(13-18)29-15-26-11-9-21(33-26)22(23(26)25(29)31)24(30)27-12-10-16-14-28-20-8-3-2-7-19(16)20/h2-9,11,13-14,21-23,28H,10,12,15H2,1H3,(H,27,30)/t21-,22-,23+,26-/m1/s1. The van der Waals surface area contributed by atoms with Crippen molar-refractivity contribution in [2.75, 3.05) is 25.1 Å². The van der Waals surface area contributed by atoms with Gasteiger partial charge in [0.1, 0.15) is 11.4 Å². The molecule has 7 nitrogen and oxygen atoms in total. The third kappa shape index (κ3) is 3.07. The van der Waals surface area contributed by atoms with Crippen molar-refractivity contribution in [3.05, 3.63) is 72.4 Å². The van der Waals surface area contributed by atoms with Crippen LogP contribution in [0.3, 0.4) is 0 Å². The zero-order chi connectivity index (χ0) is 22.6. The molecule has 0 radical (unpaired) electrons. The van der Waals surface area contributed by atoms with Crippen molar-refractivity contribution in [2.45, 2.75) is 18.1 Å².